The molecule has 2 aromatic heterocycles. The van der Waals surface area contributed by atoms with E-state index in [9.17, 15) is 4.79 Å². The van der Waals surface area contributed by atoms with Gasteiger partial charge in [0.15, 0.2) is 5.82 Å². The average molecular weight is 371 g/mol. The van der Waals surface area contributed by atoms with Crippen LogP contribution in [0.3, 0.4) is 0 Å². The van der Waals surface area contributed by atoms with Gasteiger partial charge in [-0.25, -0.2) is 9.67 Å². The Morgan fingerprint density at radius 2 is 2.11 bits per heavy atom. The first kappa shape index (κ1) is 19.5. The van der Waals surface area contributed by atoms with Crippen LogP contribution in [0.25, 0.3) is 5.82 Å². The lowest BCUT2D eigenvalue weighted by Gasteiger charge is -2.31. The summed E-state index contributed by atoms with van der Waals surface area (Å²) in [6.45, 7) is 6.65. The van der Waals surface area contributed by atoms with Crippen LogP contribution in [0, 0.1) is 0 Å². The van der Waals surface area contributed by atoms with Crippen molar-refractivity contribution in [2.24, 2.45) is 0 Å². The summed E-state index contributed by atoms with van der Waals surface area (Å²) < 4.78 is 1.68. The number of likely N-dealkylation sites (N-methyl/N-ethyl adjacent to an activating group) is 2. The summed E-state index contributed by atoms with van der Waals surface area (Å²) >= 11 is 0. The molecule has 0 aliphatic carbocycles. The largest absolute Gasteiger partial charge is 0.334 e. The van der Waals surface area contributed by atoms with Crippen LogP contribution in [0.2, 0.25) is 0 Å². The minimum Gasteiger partial charge on any atom is -0.334 e. The zero-order chi connectivity index (χ0) is 19.2. The van der Waals surface area contributed by atoms with Crippen LogP contribution in [0.5, 0.6) is 0 Å². The number of carbonyl (C=O) groups excluding carboxylic acids is 1. The average Bonchev–Trinajstić information content (AvgIpc) is 3.36. The Morgan fingerprint density at radius 1 is 1.26 bits per heavy atom. The summed E-state index contributed by atoms with van der Waals surface area (Å²) in [5.74, 6) is 0.656. The summed E-state index contributed by atoms with van der Waals surface area (Å²) in [5.41, 5.74) is 0.475. The number of pyridine rings is 1. The van der Waals surface area contributed by atoms with E-state index >= 15 is 0 Å². The molecule has 0 spiro atoms. The fourth-order valence-corrected chi connectivity index (χ4v) is 3.61. The number of hydrogen-bond donors (Lipinski definition) is 0. The van der Waals surface area contributed by atoms with Crippen molar-refractivity contribution < 1.29 is 4.79 Å². The van der Waals surface area contributed by atoms with E-state index in [1.54, 1.807) is 16.9 Å². The molecule has 7 heteroatoms. The van der Waals surface area contributed by atoms with Gasteiger partial charge in [0.25, 0.3) is 5.91 Å². The van der Waals surface area contributed by atoms with Crippen molar-refractivity contribution >= 4 is 5.91 Å². The Hall–Kier alpha value is -2.25. The van der Waals surface area contributed by atoms with Crippen molar-refractivity contribution in [1.29, 1.82) is 0 Å². The van der Waals surface area contributed by atoms with Crippen LogP contribution < -0.4 is 0 Å². The predicted molar refractivity (Wildman–Crippen MR) is 106 cm³/mol. The molecule has 0 N–H and O–H groups in total. The second kappa shape index (κ2) is 9.10. The molecule has 1 amide bonds. The first-order valence-corrected chi connectivity index (χ1v) is 9.73. The molecule has 0 radical (unpaired) electrons. The maximum Gasteiger partial charge on any atom is 0.272 e. The minimum absolute atomic E-state index is 0.00573. The van der Waals surface area contributed by atoms with Gasteiger partial charge >= 0.3 is 0 Å². The summed E-state index contributed by atoms with van der Waals surface area (Å²) in [4.78, 5) is 24.4. The van der Waals surface area contributed by atoms with E-state index < -0.39 is 0 Å². The number of aromatic nitrogens is 3. The van der Waals surface area contributed by atoms with Crippen LogP contribution >= 0.6 is 0 Å². The van der Waals surface area contributed by atoms with Gasteiger partial charge in [0.2, 0.25) is 0 Å². The minimum atomic E-state index is -0.00573. The van der Waals surface area contributed by atoms with Gasteiger partial charge in [-0.1, -0.05) is 13.0 Å². The van der Waals surface area contributed by atoms with Crippen molar-refractivity contribution in [3.8, 4) is 5.82 Å². The molecule has 0 aromatic carbocycles. The summed E-state index contributed by atoms with van der Waals surface area (Å²) in [7, 11) is 4.07. The van der Waals surface area contributed by atoms with Crippen molar-refractivity contribution in [2.75, 3.05) is 46.8 Å². The molecule has 1 atom stereocenters. The third-order valence-electron chi connectivity index (χ3n) is 5.13. The monoisotopic (exact) mass is 370 g/mol. The van der Waals surface area contributed by atoms with Gasteiger partial charge in [-0.2, -0.15) is 5.10 Å². The van der Waals surface area contributed by atoms with E-state index in [0.717, 1.165) is 32.6 Å². The predicted octanol–water partition coefficient (Wildman–Crippen LogP) is 1.76. The van der Waals surface area contributed by atoms with Gasteiger partial charge in [0.05, 0.1) is 0 Å². The van der Waals surface area contributed by atoms with Gasteiger partial charge in [-0.05, 0) is 58.2 Å². The first-order chi connectivity index (χ1) is 13.1. The molecular weight excluding hydrogens is 340 g/mol. The number of amides is 1. The van der Waals surface area contributed by atoms with Crippen molar-refractivity contribution in [3.63, 3.8) is 0 Å². The highest BCUT2D eigenvalue weighted by atomic mass is 16.2. The molecule has 3 rings (SSSR count). The van der Waals surface area contributed by atoms with Crippen LogP contribution in [0.1, 0.15) is 30.3 Å². The topological polar surface area (TPSA) is 57.5 Å². The third kappa shape index (κ3) is 4.93. The number of hydrogen-bond acceptors (Lipinski definition) is 5. The van der Waals surface area contributed by atoms with Crippen LogP contribution in [-0.2, 0) is 0 Å². The molecule has 1 saturated heterocycles. The van der Waals surface area contributed by atoms with Crippen LogP contribution in [0.4, 0.5) is 0 Å². The second-order valence-corrected chi connectivity index (χ2v) is 7.31. The van der Waals surface area contributed by atoms with Crippen LogP contribution in [0.15, 0.2) is 36.7 Å². The Bertz CT molecular complexity index is 730. The second-order valence-electron chi connectivity index (χ2n) is 7.31. The normalized spacial score (nSPS) is 17.6. The van der Waals surface area contributed by atoms with E-state index in [2.05, 4.69) is 26.8 Å². The number of likely N-dealkylation sites (tertiary alicyclic amines) is 1. The zero-order valence-corrected chi connectivity index (χ0v) is 16.6. The molecule has 1 unspecified atom stereocenters. The van der Waals surface area contributed by atoms with Gasteiger partial charge in [-0.15, -0.1) is 0 Å². The summed E-state index contributed by atoms with van der Waals surface area (Å²) in [6, 6.07) is 7.82. The van der Waals surface area contributed by atoms with E-state index in [1.165, 1.54) is 6.42 Å². The molecule has 27 heavy (non-hydrogen) atoms. The Kier molecular flexibility index (Phi) is 6.58. The number of nitrogens with zero attached hydrogens (tertiary/aromatic N) is 6. The van der Waals surface area contributed by atoms with E-state index in [1.807, 2.05) is 43.4 Å². The molecule has 146 valence electrons. The molecule has 7 nitrogen and oxygen atoms in total. The lowest BCUT2D eigenvalue weighted by molar-refractivity contribution is 0.0688. The highest BCUT2D eigenvalue weighted by Gasteiger charge is 2.28. The van der Waals surface area contributed by atoms with Gasteiger partial charge in [0.1, 0.15) is 5.69 Å². The molecule has 1 aliphatic rings. The molecule has 1 aliphatic heterocycles. The Morgan fingerprint density at radius 3 is 2.81 bits per heavy atom. The van der Waals surface area contributed by atoms with E-state index in [-0.39, 0.29) is 5.91 Å². The number of rotatable bonds is 8. The van der Waals surface area contributed by atoms with Crippen molar-refractivity contribution in [2.45, 2.75) is 25.8 Å². The fourth-order valence-electron chi connectivity index (χ4n) is 3.61. The third-order valence-corrected chi connectivity index (χ3v) is 5.13. The van der Waals surface area contributed by atoms with Gasteiger partial charge in [0, 0.05) is 38.1 Å². The summed E-state index contributed by atoms with van der Waals surface area (Å²) in [5, 5.41) is 4.21. The Labute approximate surface area is 161 Å². The maximum absolute atomic E-state index is 13.3. The molecule has 0 bridgehead atoms. The standard InChI is InChI=1S/C20H30N6O/c1-4-24-12-6-8-17(24)16-25(15-14-23(2)3)20(27)18-9-5-10-19(22-18)26-13-7-11-21-26/h5,7,9-11,13,17H,4,6,8,12,14-16H2,1-3H3. The Balaban J connectivity index is 1.78. The lowest BCUT2D eigenvalue weighted by Crippen LogP contribution is -2.45. The highest BCUT2D eigenvalue weighted by Crippen LogP contribution is 2.19. The lowest BCUT2D eigenvalue weighted by atomic mass is 10.2. The quantitative estimate of drug-likeness (QED) is 0.709. The molecule has 3 heterocycles. The molecular formula is C20H30N6O. The summed E-state index contributed by atoms with van der Waals surface area (Å²) in [6.07, 6.45) is 5.90. The fraction of sp³-hybridized carbons (Fsp3) is 0.550. The van der Waals surface area contributed by atoms with E-state index in [4.69, 9.17) is 0 Å². The van der Waals surface area contributed by atoms with Gasteiger partial charge in [-0.3, -0.25) is 9.69 Å². The SMILES string of the molecule is CCN1CCCC1CN(CCN(C)C)C(=O)c1cccc(-n2cccn2)n1. The van der Waals surface area contributed by atoms with Crippen LogP contribution in [-0.4, -0.2) is 88.2 Å². The maximum atomic E-state index is 13.3. The number of carbonyl (C=O) groups is 1. The first-order valence-electron chi connectivity index (χ1n) is 9.73. The molecule has 0 saturated carbocycles. The van der Waals surface area contributed by atoms with Gasteiger partial charge < -0.3 is 9.80 Å². The highest BCUT2D eigenvalue weighted by molar-refractivity contribution is 5.92. The smallest absolute Gasteiger partial charge is 0.272 e. The zero-order valence-electron chi connectivity index (χ0n) is 16.6. The van der Waals surface area contributed by atoms with Crippen molar-refractivity contribution in [1.82, 2.24) is 29.5 Å². The van der Waals surface area contributed by atoms with Crippen molar-refractivity contribution in [3.05, 3.63) is 42.4 Å². The molecule has 1 fully saturated rings. The van der Waals surface area contributed by atoms with E-state index in [0.29, 0.717) is 24.1 Å². The molecule has 2 aromatic rings.